The lowest BCUT2D eigenvalue weighted by Crippen LogP contribution is -2.42. The van der Waals surface area contributed by atoms with Crippen molar-refractivity contribution in [3.8, 4) is 0 Å². The van der Waals surface area contributed by atoms with E-state index in [1.54, 1.807) is 0 Å². The first kappa shape index (κ1) is 10.6. The van der Waals surface area contributed by atoms with Gasteiger partial charge in [0.05, 0.1) is 0 Å². The quantitative estimate of drug-likeness (QED) is 0.586. The minimum absolute atomic E-state index is 0.186. The summed E-state index contributed by atoms with van der Waals surface area (Å²) in [4.78, 5) is 0. The average molecular weight is 208 g/mol. The monoisotopic (exact) mass is 208 g/mol. The largest absolute Gasteiger partial charge is 0.271 e. The molecule has 82 valence electrons. The molecule has 3 heteroatoms. The van der Waals surface area contributed by atoms with Crippen LogP contribution in [0, 0.1) is 11.2 Å². The highest BCUT2D eigenvalue weighted by Gasteiger charge is 2.44. The second kappa shape index (κ2) is 3.91. The molecule has 0 heterocycles. The van der Waals surface area contributed by atoms with Crippen molar-refractivity contribution < 1.29 is 4.39 Å². The van der Waals surface area contributed by atoms with E-state index in [2.05, 4.69) is 12.3 Å². The zero-order valence-corrected chi connectivity index (χ0v) is 8.96. The Morgan fingerprint density at radius 2 is 2.00 bits per heavy atom. The number of hydrogen-bond acceptors (Lipinski definition) is 2. The van der Waals surface area contributed by atoms with Crippen LogP contribution < -0.4 is 11.3 Å². The van der Waals surface area contributed by atoms with E-state index in [1.807, 2.05) is 12.1 Å². The van der Waals surface area contributed by atoms with Gasteiger partial charge < -0.3 is 0 Å². The number of hydrogen-bond donors (Lipinski definition) is 2. The van der Waals surface area contributed by atoms with Crippen LogP contribution in [0.3, 0.4) is 0 Å². The summed E-state index contributed by atoms with van der Waals surface area (Å²) in [6.45, 7) is 2.24. The van der Waals surface area contributed by atoms with Crippen molar-refractivity contribution in [2.24, 2.45) is 11.3 Å². The average Bonchev–Trinajstić information content (AvgIpc) is 2.96. The van der Waals surface area contributed by atoms with Crippen LogP contribution in [0.25, 0.3) is 0 Å². The van der Waals surface area contributed by atoms with Gasteiger partial charge in [0.1, 0.15) is 5.82 Å². The van der Waals surface area contributed by atoms with E-state index in [0.717, 1.165) is 12.0 Å². The lowest BCUT2D eigenvalue weighted by atomic mass is 9.93. The van der Waals surface area contributed by atoms with E-state index in [4.69, 9.17) is 5.84 Å². The van der Waals surface area contributed by atoms with Crippen molar-refractivity contribution >= 4 is 0 Å². The first-order valence-electron chi connectivity index (χ1n) is 5.35. The number of halogens is 1. The first-order valence-corrected chi connectivity index (χ1v) is 5.35. The maximum absolute atomic E-state index is 12.7. The van der Waals surface area contributed by atoms with Crippen molar-refractivity contribution in [1.29, 1.82) is 0 Å². The lowest BCUT2D eigenvalue weighted by molar-refractivity contribution is 0.359. The van der Waals surface area contributed by atoms with Gasteiger partial charge in [-0.1, -0.05) is 19.1 Å². The molecule has 15 heavy (non-hydrogen) atoms. The Morgan fingerprint density at radius 1 is 1.40 bits per heavy atom. The van der Waals surface area contributed by atoms with Gasteiger partial charge in [0.25, 0.3) is 0 Å². The fraction of sp³-hybridized carbons (Fsp3) is 0.500. The fourth-order valence-corrected chi connectivity index (χ4v) is 1.91. The summed E-state index contributed by atoms with van der Waals surface area (Å²) >= 11 is 0. The van der Waals surface area contributed by atoms with Crippen molar-refractivity contribution in [2.75, 3.05) is 0 Å². The minimum Gasteiger partial charge on any atom is -0.271 e. The Morgan fingerprint density at radius 3 is 2.47 bits per heavy atom. The van der Waals surface area contributed by atoms with Gasteiger partial charge in [-0.3, -0.25) is 11.3 Å². The summed E-state index contributed by atoms with van der Waals surface area (Å²) in [6, 6.07) is 6.94. The standard InChI is InChI=1S/C12H17FN2/c1-12(6-7-12)11(15-14)8-9-2-4-10(13)5-3-9/h2-5,11,15H,6-8,14H2,1H3. The maximum Gasteiger partial charge on any atom is 0.123 e. The third kappa shape index (κ3) is 2.36. The molecule has 1 unspecified atom stereocenters. The fourth-order valence-electron chi connectivity index (χ4n) is 1.91. The zero-order valence-electron chi connectivity index (χ0n) is 8.96. The molecule has 0 saturated heterocycles. The van der Waals surface area contributed by atoms with Gasteiger partial charge in [0.2, 0.25) is 0 Å². The number of hydrazine groups is 1. The molecule has 0 bridgehead atoms. The van der Waals surface area contributed by atoms with Gasteiger partial charge in [-0.15, -0.1) is 0 Å². The third-order valence-corrected chi connectivity index (χ3v) is 3.43. The Hall–Kier alpha value is -0.930. The van der Waals surface area contributed by atoms with Crippen LogP contribution in [-0.2, 0) is 6.42 Å². The van der Waals surface area contributed by atoms with Crippen LogP contribution in [0.15, 0.2) is 24.3 Å². The first-order chi connectivity index (χ1) is 7.14. The smallest absolute Gasteiger partial charge is 0.123 e. The van der Waals surface area contributed by atoms with Crippen LogP contribution in [0.5, 0.6) is 0 Å². The number of nitrogens with two attached hydrogens (primary N) is 1. The molecule has 2 nitrogen and oxygen atoms in total. The van der Waals surface area contributed by atoms with Crippen molar-refractivity contribution in [3.63, 3.8) is 0 Å². The summed E-state index contributed by atoms with van der Waals surface area (Å²) in [5.74, 6) is 5.37. The number of rotatable bonds is 4. The molecule has 1 saturated carbocycles. The highest BCUT2D eigenvalue weighted by atomic mass is 19.1. The molecule has 1 fully saturated rings. The van der Waals surface area contributed by atoms with Gasteiger partial charge in [0, 0.05) is 6.04 Å². The summed E-state index contributed by atoms with van der Waals surface area (Å²) in [6.07, 6.45) is 3.32. The second-order valence-electron chi connectivity index (χ2n) is 4.70. The molecular formula is C12H17FN2. The van der Waals surface area contributed by atoms with Crippen LogP contribution >= 0.6 is 0 Å². The minimum atomic E-state index is -0.186. The Labute approximate surface area is 89.6 Å². The normalized spacial score (nSPS) is 19.9. The Bertz CT molecular complexity index is 330. The molecule has 0 spiro atoms. The summed E-state index contributed by atoms with van der Waals surface area (Å²) < 4.78 is 12.7. The summed E-state index contributed by atoms with van der Waals surface area (Å²) in [5.41, 5.74) is 4.34. The molecule has 0 radical (unpaired) electrons. The number of benzene rings is 1. The molecule has 2 rings (SSSR count). The molecule has 1 aliphatic rings. The van der Waals surface area contributed by atoms with Gasteiger partial charge in [0.15, 0.2) is 0 Å². The van der Waals surface area contributed by atoms with Crippen LogP contribution in [0.2, 0.25) is 0 Å². The molecule has 1 aromatic carbocycles. The predicted octanol–water partition coefficient (Wildman–Crippen LogP) is 2.00. The highest BCUT2D eigenvalue weighted by molar-refractivity contribution is 5.18. The lowest BCUT2D eigenvalue weighted by Gasteiger charge is -2.22. The van der Waals surface area contributed by atoms with E-state index in [-0.39, 0.29) is 5.82 Å². The van der Waals surface area contributed by atoms with E-state index in [9.17, 15) is 4.39 Å². The molecule has 1 atom stereocenters. The zero-order chi connectivity index (χ0) is 10.9. The van der Waals surface area contributed by atoms with Crippen molar-refractivity contribution in [3.05, 3.63) is 35.6 Å². The van der Waals surface area contributed by atoms with Gasteiger partial charge in [-0.25, -0.2) is 4.39 Å². The van der Waals surface area contributed by atoms with Crippen molar-refractivity contribution in [1.82, 2.24) is 5.43 Å². The van der Waals surface area contributed by atoms with E-state index < -0.39 is 0 Å². The van der Waals surface area contributed by atoms with E-state index in [0.29, 0.717) is 11.5 Å². The molecule has 3 N–H and O–H groups in total. The molecular weight excluding hydrogens is 191 g/mol. The second-order valence-corrected chi connectivity index (χ2v) is 4.70. The van der Waals surface area contributed by atoms with Crippen molar-refractivity contribution in [2.45, 2.75) is 32.2 Å². The van der Waals surface area contributed by atoms with Crippen LogP contribution in [-0.4, -0.2) is 6.04 Å². The molecule has 1 aliphatic carbocycles. The third-order valence-electron chi connectivity index (χ3n) is 3.43. The maximum atomic E-state index is 12.7. The Kier molecular flexibility index (Phi) is 2.76. The van der Waals surface area contributed by atoms with Gasteiger partial charge in [-0.2, -0.15) is 0 Å². The van der Waals surface area contributed by atoms with E-state index >= 15 is 0 Å². The molecule has 0 amide bonds. The van der Waals surface area contributed by atoms with E-state index in [1.165, 1.54) is 25.0 Å². The van der Waals surface area contributed by atoms with Crippen LogP contribution in [0.4, 0.5) is 4.39 Å². The van der Waals surface area contributed by atoms with Gasteiger partial charge in [-0.05, 0) is 42.4 Å². The number of nitrogens with one attached hydrogen (secondary N) is 1. The summed E-state index contributed by atoms with van der Waals surface area (Å²) in [7, 11) is 0. The highest BCUT2D eigenvalue weighted by Crippen LogP contribution is 2.48. The molecule has 0 aliphatic heterocycles. The SMILES string of the molecule is CC1(C(Cc2ccc(F)cc2)NN)CC1. The topological polar surface area (TPSA) is 38.0 Å². The van der Waals surface area contributed by atoms with Gasteiger partial charge >= 0.3 is 0 Å². The molecule has 0 aromatic heterocycles. The van der Waals surface area contributed by atoms with Crippen LogP contribution in [0.1, 0.15) is 25.3 Å². The Balaban J connectivity index is 2.03. The predicted molar refractivity (Wildman–Crippen MR) is 58.6 cm³/mol. The molecule has 1 aromatic rings. The summed E-state index contributed by atoms with van der Waals surface area (Å²) in [5, 5.41) is 0.